The second-order valence-corrected chi connectivity index (χ2v) is 10.1. The second kappa shape index (κ2) is 14.1. The number of carbonyl (C=O) groups excluding carboxylic acids is 2. The first-order valence-corrected chi connectivity index (χ1v) is 13.2. The van der Waals surface area contributed by atoms with Gasteiger partial charge in [-0.15, -0.1) is 0 Å². The summed E-state index contributed by atoms with van der Waals surface area (Å²) in [6.07, 6.45) is -0.704. The van der Waals surface area contributed by atoms with Crippen molar-refractivity contribution in [3.05, 3.63) is 101 Å². The molecule has 6 N–H and O–H groups in total. The molecule has 40 heavy (non-hydrogen) atoms. The van der Waals surface area contributed by atoms with Gasteiger partial charge in [-0.1, -0.05) is 60.7 Å². The molecule has 0 aromatic heterocycles. The van der Waals surface area contributed by atoms with Gasteiger partial charge in [0, 0.05) is 25.6 Å². The van der Waals surface area contributed by atoms with E-state index < -0.39 is 30.1 Å². The Labute approximate surface area is 235 Å². The number of carbonyl (C=O) groups is 3. The van der Waals surface area contributed by atoms with Crippen LogP contribution in [0.3, 0.4) is 0 Å². The zero-order valence-corrected chi connectivity index (χ0v) is 23.1. The number of aromatic hydroxyl groups is 1. The highest BCUT2D eigenvalue weighted by atomic mass is 16.4. The van der Waals surface area contributed by atoms with Gasteiger partial charge in [-0.05, 0) is 67.1 Å². The summed E-state index contributed by atoms with van der Waals surface area (Å²) >= 11 is 0. The molecule has 0 fully saturated rings. The summed E-state index contributed by atoms with van der Waals surface area (Å²) in [6.45, 7) is 5.61. The topological polar surface area (TPSA) is 145 Å². The lowest BCUT2D eigenvalue weighted by Gasteiger charge is -2.29. The van der Waals surface area contributed by atoms with Crippen LogP contribution in [-0.2, 0) is 29.0 Å². The maximum atomic E-state index is 13.4. The van der Waals surface area contributed by atoms with Crippen molar-refractivity contribution in [2.45, 2.75) is 58.3 Å². The predicted molar refractivity (Wildman–Crippen MR) is 154 cm³/mol. The molecule has 0 radical (unpaired) electrons. The van der Waals surface area contributed by atoms with Crippen molar-refractivity contribution in [1.29, 1.82) is 0 Å². The molecule has 3 rings (SSSR count). The number of aryl methyl sites for hydroxylation is 2. The van der Waals surface area contributed by atoms with Crippen molar-refractivity contribution < 1.29 is 24.6 Å². The zero-order chi connectivity index (χ0) is 29.2. The average Bonchev–Trinajstić information content (AvgIpc) is 2.92. The van der Waals surface area contributed by atoms with Gasteiger partial charge in [0.05, 0.1) is 6.04 Å². The summed E-state index contributed by atoms with van der Waals surface area (Å²) < 4.78 is 0. The first kappa shape index (κ1) is 30.2. The number of amides is 3. The van der Waals surface area contributed by atoms with Crippen molar-refractivity contribution in [2.75, 3.05) is 6.54 Å². The Kier molecular flexibility index (Phi) is 10.7. The van der Waals surface area contributed by atoms with Crippen LogP contribution in [0.2, 0.25) is 0 Å². The van der Waals surface area contributed by atoms with Gasteiger partial charge < -0.3 is 26.6 Å². The molecule has 0 aliphatic heterocycles. The van der Waals surface area contributed by atoms with Gasteiger partial charge in [-0.2, -0.15) is 0 Å². The van der Waals surface area contributed by atoms with Crippen LogP contribution >= 0.6 is 0 Å². The number of carboxylic acid groups (broad SMARTS) is 1. The van der Waals surface area contributed by atoms with E-state index in [-0.39, 0.29) is 31.2 Å². The third kappa shape index (κ3) is 8.57. The summed E-state index contributed by atoms with van der Waals surface area (Å²) in [4.78, 5) is 39.6. The molecule has 3 aromatic carbocycles. The Morgan fingerprint density at radius 2 is 1.43 bits per heavy atom. The van der Waals surface area contributed by atoms with E-state index in [0.29, 0.717) is 6.42 Å². The molecule has 9 nitrogen and oxygen atoms in total. The Bertz CT molecular complexity index is 1280. The first-order valence-electron chi connectivity index (χ1n) is 13.2. The van der Waals surface area contributed by atoms with Crippen molar-refractivity contribution in [1.82, 2.24) is 15.5 Å². The fourth-order valence-corrected chi connectivity index (χ4v) is 4.65. The van der Waals surface area contributed by atoms with Crippen LogP contribution < -0.4 is 16.4 Å². The van der Waals surface area contributed by atoms with Crippen LogP contribution in [-0.4, -0.2) is 57.7 Å². The highest BCUT2D eigenvalue weighted by Gasteiger charge is 2.30. The number of phenols is 1. The third-order valence-electron chi connectivity index (χ3n) is 6.80. The number of benzene rings is 3. The van der Waals surface area contributed by atoms with Crippen LogP contribution in [0.5, 0.6) is 5.75 Å². The van der Waals surface area contributed by atoms with E-state index in [9.17, 15) is 24.6 Å². The molecule has 0 spiro atoms. The monoisotopic (exact) mass is 546 g/mol. The molecule has 212 valence electrons. The molecule has 9 heteroatoms. The molecule has 0 aliphatic rings. The highest BCUT2D eigenvalue weighted by Crippen LogP contribution is 2.22. The summed E-state index contributed by atoms with van der Waals surface area (Å²) in [6, 6.07) is 19.4. The Hall–Kier alpha value is -4.37. The number of phenolic OH excluding ortho intramolecular Hbond substituents is 1. The molecule has 0 unspecified atom stereocenters. The summed E-state index contributed by atoms with van der Waals surface area (Å²) in [5, 5.41) is 25.4. The minimum Gasteiger partial charge on any atom is -0.508 e. The molecule has 3 amide bonds. The van der Waals surface area contributed by atoms with Gasteiger partial charge in [0.1, 0.15) is 11.8 Å². The van der Waals surface area contributed by atoms with Gasteiger partial charge in [0.15, 0.2) is 0 Å². The first-order chi connectivity index (χ1) is 19.0. The van der Waals surface area contributed by atoms with Gasteiger partial charge >= 0.3 is 6.09 Å². The van der Waals surface area contributed by atoms with Gasteiger partial charge in [-0.3, -0.25) is 14.5 Å². The number of hydrogen-bond donors (Lipinski definition) is 5. The van der Waals surface area contributed by atoms with E-state index in [1.54, 1.807) is 19.1 Å². The normalized spacial score (nSPS) is 13.1. The van der Waals surface area contributed by atoms with Crippen LogP contribution in [0.15, 0.2) is 72.8 Å². The molecule has 3 atom stereocenters. The highest BCUT2D eigenvalue weighted by molar-refractivity contribution is 5.86. The lowest BCUT2D eigenvalue weighted by Crippen LogP contribution is -2.53. The SMILES string of the molecule is Cc1cc(O)cc(C)c1C[C@H](N)C(=O)N[C@H](C)CNC(=O)[C@H](Cc1ccccc1)N(Cc1ccccc1)C(=O)O. The molecular weight excluding hydrogens is 508 g/mol. The Balaban J connectivity index is 1.65. The number of hydrogen-bond acceptors (Lipinski definition) is 5. The van der Waals surface area contributed by atoms with Gasteiger partial charge in [-0.25, -0.2) is 4.79 Å². The lowest BCUT2D eigenvalue weighted by atomic mass is 9.96. The summed E-state index contributed by atoms with van der Waals surface area (Å²) in [7, 11) is 0. The third-order valence-corrected chi connectivity index (χ3v) is 6.80. The van der Waals surface area contributed by atoms with E-state index in [1.165, 1.54) is 0 Å². The van der Waals surface area contributed by atoms with Crippen molar-refractivity contribution in [2.24, 2.45) is 5.73 Å². The molecular formula is C31H38N4O5. The summed E-state index contributed by atoms with van der Waals surface area (Å²) in [5.74, 6) is -0.662. The minimum atomic E-state index is -1.20. The largest absolute Gasteiger partial charge is 0.508 e. The summed E-state index contributed by atoms with van der Waals surface area (Å²) in [5.41, 5.74) is 10.4. The standard InChI is InChI=1S/C31H38N4O5/c1-20-14-25(36)15-21(2)26(20)17-27(32)29(37)34-22(3)18-33-30(38)28(16-23-10-6-4-7-11-23)35(31(39)40)19-24-12-8-5-9-13-24/h4-15,22,27-28,36H,16-19,32H2,1-3H3,(H,33,38)(H,34,37)(H,39,40)/t22-,27+,28+/m1/s1. The molecule has 0 saturated heterocycles. The quantitative estimate of drug-likeness (QED) is 0.236. The fraction of sp³-hybridized carbons (Fsp3) is 0.323. The second-order valence-electron chi connectivity index (χ2n) is 10.1. The van der Waals surface area contributed by atoms with Gasteiger partial charge in [0.25, 0.3) is 0 Å². The molecule has 0 saturated carbocycles. The minimum absolute atomic E-state index is 0.0539. The molecule has 0 bridgehead atoms. The maximum Gasteiger partial charge on any atom is 0.408 e. The molecule has 0 aliphatic carbocycles. The maximum absolute atomic E-state index is 13.4. The smallest absolute Gasteiger partial charge is 0.408 e. The lowest BCUT2D eigenvalue weighted by molar-refractivity contribution is -0.127. The Morgan fingerprint density at radius 1 is 0.875 bits per heavy atom. The Morgan fingerprint density at radius 3 is 1.98 bits per heavy atom. The van der Waals surface area contributed by atoms with Crippen molar-refractivity contribution >= 4 is 17.9 Å². The van der Waals surface area contributed by atoms with Gasteiger partial charge in [0.2, 0.25) is 11.8 Å². The number of nitrogens with zero attached hydrogens (tertiary/aromatic N) is 1. The molecule has 0 heterocycles. The predicted octanol–water partition coefficient (Wildman–Crippen LogP) is 3.29. The van der Waals surface area contributed by atoms with Crippen LogP contribution in [0.25, 0.3) is 0 Å². The van der Waals surface area contributed by atoms with E-state index in [1.807, 2.05) is 74.5 Å². The van der Waals surface area contributed by atoms with Crippen LogP contribution in [0, 0.1) is 13.8 Å². The van der Waals surface area contributed by atoms with E-state index >= 15 is 0 Å². The van der Waals surface area contributed by atoms with Crippen LogP contribution in [0.1, 0.15) is 34.7 Å². The number of nitrogens with two attached hydrogens (primary N) is 1. The average molecular weight is 547 g/mol. The van der Waals surface area contributed by atoms with E-state index in [0.717, 1.165) is 32.7 Å². The van der Waals surface area contributed by atoms with E-state index in [4.69, 9.17) is 5.73 Å². The number of nitrogens with one attached hydrogen (secondary N) is 2. The zero-order valence-electron chi connectivity index (χ0n) is 23.1. The van der Waals surface area contributed by atoms with Crippen molar-refractivity contribution in [3.63, 3.8) is 0 Å². The molecule has 3 aromatic rings. The fourth-order valence-electron chi connectivity index (χ4n) is 4.65. The van der Waals surface area contributed by atoms with E-state index in [2.05, 4.69) is 10.6 Å². The number of rotatable bonds is 12. The van der Waals surface area contributed by atoms with Crippen LogP contribution in [0.4, 0.5) is 4.79 Å². The van der Waals surface area contributed by atoms with Crippen molar-refractivity contribution in [3.8, 4) is 5.75 Å².